The third-order valence-electron chi connectivity index (χ3n) is 3.23. The van der Waals surface area contributed by atoms with Crippen LogP contribution in [0, 0.1) is 13.8 Å². The summed E-state index contributed by atoms with van der Waals surface area (Å²) in [7, 11) is -1.62. The summed E-state index contributed by atoms with van der Waals surface area (Å²) in [6.07, 6.45) is 1.20. The van der Waals surface area contributed by atoms with Gasteiger partial charge in [0.25, 0.3) is 0 Å². The Morgan fingerprint density at radius 1 is 1.28 bits per heavy atom. The summed E-state index contributed by atoms with van der Waals surface area (Å²) < 4.78 is 28.5. The Kier molecular flexibility index (Phi) is 4.40. The van der Waals surface area contributed by atoms with E-state index in [1.165, 1.54) is 6.26 Å². The van der Waals surface area contributed by atoms with Crippen LogP contribution in [-0.2, 0) is 9.84 Å². The summed E-state index contributed by atoms with van der Waals surface area (Å²) in [5.41, 5.74) is 8.87. The average molecular weight is 271 g/mol. The number of benzene rings is 1. The molecule has 18 heavy (non-hydrogen) atoms. The first kappa shape index (κ1) is 15.0. The van der Waals surface area contributed by atoms with Crippen molar-refractivity contribution in [1.82, 2.24) is 0 Å². The van der Waals surface area contributed by atoms with Crippen molar-refractivity contribution < 1.29 is 13.2 Å². The van der Waals surface area contributed by atoms with Gasteiger partial charge in [0.1, 0.15) is 5.75 Å². The van der Waals surface area contributed by atoms with E-state index in [-0.39, 0.29) is 0 Å². The number of hydrogen-bond acceptors (Lipinski definition) is 4. The van der Waals surface area contributed by atoms with Gasteiger partial charge < -0.3 is 10.5 Å². The van der Waals surface area contributed by atoms with E-state index in [0.717, 1.165) is 16.7 Å². The van der Waals surface area contributed by atoms with Gasteiger partial charge in [-0.15, -0.1) is 0 Å². The van der Waals surface area contributed by atoms with Crippen molar-refractivity contribution in [3.05, 3.63) is 28.8 Å². The van der Waals surface area contributed by atoms with Crippen LogP contribution in [0.3, 0.4) is 0 Å². The number of sulfone groups is 1. The van der Waals surface area contributed by atoms with E-state index >= 15 is 0 Å². The van der Waals surface area contributed by atoms with Crippen molar-refractivity contribution in [3.63, 3.8) is 0 Å². The van der Waals surface area contributed by atoms with Crippen LogP contribution in [0.25, 0.3) is 0 Å². The van der Waals surface area contributed by atoms with Gasteiger partial charge >= 0.3 is 0 Å². The fourth-order valence-corrected chi connectivity index (χ4v) is 2.71. The van der Waals surface area contributed by atoms with E-state index in [1.807, 2.05) is 26.0 Å². The summed E-state index contributed by atoms with van der Waals surface area (Å²) in [4.78, 5) is 0. The minimum atomic E-state index is -3.18. The maximum atomic E-state index is 11.6. The van der Waals surface area contributed by atoms with Gasteiger partial charge in [-0.1, -0.05) is 6.07 Å². The number of rotatable bonds is 4. The molecule has 5 heteroatoms. The second kappa shape index (κ2) is 5.28. The van der Waals surface area contributed by atoms with Gasteiger partial charge in [0.05, 0.1) is 18.4 Å². The zero-order valence-corrected chi connectivity index (χ0v) is 12.3. The van der Waals surface area contributed by atoms with Crippen molar-refractivity contribution in [2.24, 2.45) is 5.73 Å². The molecule has 0 aliphatic heterocycles. The molecule has 0 amide bonds. The number of methoxy groups -OCH3 is 1. The van der Waals surface area contributed by atoms with Gasteiger partial charge in [0, 0.05) is 11.8 Å². The molecule has 0 bridgehead atoms. The topological polar surface area (TPSA) is 69.4 Å². The minimum Gasteiger partial charge on any atom is -0.496 e. The SMILES string of the molecule is COc1cc(C)cc(C)c1C(N)C(C)S(C)(=O)=O. The monoisotopic (exact) mass is 271 g/mol. The van der Waals surface area contributed by atoms with Crippen LogP contribution in [0.4, 0.5) is 0 Å². The van der Waals surface area contributed by atoms with Crippen LogP contribution in [0.1, 0.15) is 29.7 Å². The van der Waals surface area contributed by atoms with Crippen molar-refractivity contribution in [3.8, 4) is 5.75 Å². The average Bonchev–Trinajstić information content (AvgIpc) is 2.24. The zero-order chi connectivity index (χ0) is 14.1. The molecule has 102 valence electrons. The second-order valence-corrected chi connectivity index (χ2v) is 7.16. The molecule has 0 spiro atoms. The summed E-state index contributed by atoms with van der Waals surface area (Å²) in [6, 6.07) is 3.26. The predicted octanol–water partition coefficient (Wildman–Crippen LogP) is 1.74. The maximum Gasteiger partial charge on any atom is 0.151 e. The third kappa shape index (κ3) is 3.03. The van der Waals surface area contributed by atoms with E-state index in [2.05, 4.69) is 0 Å². The van der Waals surface area contributed by atoms with Gasteiger partial charge in [0.15, 0.2) is 9.84 Å². The summed E-state index contributed by atoms with van der Waals surface area (Å²) in [5.74, 6) is 0.649. The molecule has 0 aromatic heterocycles. The molecule has 1 rings (SSSR count). The highest BCUT2D eigenvalue weighted by Crippen LogP contribution is 2.32. The molecule has 2 N–H and O–H groups in total. The highest BCUT2D eigenvalue weighted by Gasteiger charge is 2.27. The third-order valence-corrected chi connectivity index (χ3v) is 4.87. The van der Waals surface area contributed by atoms with Crippen molar-refractivity contribution in [1.29, 1.82) is 0 Å². The molecule has 2 atom stereocenters. The van der Waals surface area contributed by atoms with Crippen LogP contribution >= 0.6 is 0 Å². The lowest BCUT2D eigenvalue weighted by Crippen LogP contribution is -2.31. The highest BCUT2D eigenvalue weighted by atomic mass is 32.2. The fourth-order valence-electron chi connectivity index (χ4n) is 2.04. The van der Waals surface area contributed by atoms with Gasteiger partial charge in [-0.05, 0) is 38.0 Å². The summed E-state index contributed by atoms with van der Waals surface area (Å²) in [5, 5.41) is -0.646. The van der Waals surface area contributed by atoms with Crippen LogP contribution in [0.2, 0.25) is 0 Å². The molecule has 0 saturated carbocycles. The lowest BCUT2D eigenvalue weighted by molar-refractivity contribution is 0.404. The molecule has 0 heterocycles. The normalized spacial score (nSPS) is 15.2. The predicted molar refractivity (Wildman–Crippen MR) is 73.7 cm³/mol. The van der Waals surface area contributed by atoms with Crippen LogP contribution in [-0.4, -0.2) is 27.0 Å². The summed E-state index contributed by atoms with van der Waals surface area (Å²) in [6.45, 7) is 5.50. The lowest BCUT2D eigenvalue weighted by Gasteiger charge is -2.23. The smallest absolute Gasteiger partial charge is 0.151 e. The van der Waals surface area contributed by atoms with E-state index in [9.17, 15) is 8.42 Å². The fraction of sp³-hybridized carbons (Fsp3) is 0.538. The molecule has 0 aliphatic carbocycles. The van der Waals surface area contributed by atoms with E-state index in [0.29, 0.717) is 5.75 Å². The Bertz CT molecular complexity index is 537. The number of aryl methyl sites for hydroxylation is 2. The Hall–Kier alpha value is -1.07. The van der Waals surface area contributed by atoms with Crippen molar-refractivity contribution in [2.75, 3.05) is 13.4 Å². The quantitative estimate of drug-likeness (QED) is 0.905. The molecule has 0 aliphatic rings. The minimum absolute atomic E-state index is 0.587. The second-order valence-electron chi connectivity index (χ2n) is 4.76. The number of ether oxygens (including phenoxy) is 1. The molecule has 0 radical (unpaired) electrons. The largest absolute Gasteiger partial charge is 0.496 e. The highest BCUT2D eigenvalue weighted by molar-refractivity contribution is 7.91. The van der Waals surface area contributed by atoms with Crippen LogP contribution in [0.5, 0.6) is 5.75 Å². The maximum absolute atomic E-state index is 11.6. The standard InChI is InChI=1S/C13H21NO3S/c1-8-6-9(2)12(11(7-8)17-4)13(14)10(3)18(5,15)16/h6-7,10,13H,14H2,1-5H3. The Labute approximate surface area is 109 Å². The van der Waals surface area contributed by atoms with Gasteiger partial charge in [-0.25, -0.2) is 8.42 Å². The first-order chi connectivity index (χ1) is 8.18. The number of hydrogen-bond donors (Lipinski definition) is 1. The van der Waals surface area contributed by atoms with Crippen molar-refractivity contribution >= 4 is 9.84 Å². The molecule has 0 fully saturated rings. The van der Waals surface area contributed by atoms with Crippen molar-refractivity contribution in [2.45, 2.75) is 32.1 Å². The molecule has 4 nitrogen and oxygen atoms in total. The Morgan fingerprint density at radius 2 is 1.83 bits per heavy atom. The van der Waals surface area contributed by atoms with Gasteiger partial charge in [-0.2, -0.15) is 0 Å². The molecular formula is C13H21NO3S. The van der Waals surface area contributed by atoms with E-state index < -0.39 is 21.1 Å². The number of nitrogens with two attached hydrogens (primary N) is 1. The van der Waals surface area contributed by atoms with E-state index in [4.69, 9.17) is 10.5 Å². The van der Waals surface area contributed by atoms with Gasteiger partial charge in [-0.3, -0.25) is 0 Å². The first-order valence-electron chi connectivity index (χ1n) is 5.78. The van der Waals surface area contributed by atoms with Crippen LogP contribution < -0.4 is 10.5 Å². The zero-order valence-electron chi connectivity index (χ0n) is 11.5. The Balaban J connectivity index is 3.33. The van der Waals surface area contributed by atoms with E-state index in [1.54, 1.807) is 14.0 Å². The molecule has 1 aromatic carbocycles. The van der Waals surface area contributed by atoms with Crippen LogP contribution in [0.15, 0.2) is 12.1 Å². The Morgan fingerprint density at radius 3 is 2.28 bits per heavy atom. The van der Waals surface area contributed by atoms with Gasteiger partial charge in [0.2, 0.25) is 0 Å². The molecule has 0 saturated heterocycles. The molecular weight excluding hydrogens is 250 g/mol. The summed E-state index contributed by atoms with van der Waals surface area (Å²) >= 11 is 0. The molecule has 2 unspecified atom stereocenters. The first-order valence-corrected chi connectivity index (χ1v) is 7.73. The lowest BCUT2D eigenvalue weighted by atomic mass is 9.96. The molecule has 1 aromatic rings.